The van der Waals surface area contributed by atoms with Crippen LogP contribution in [0.1, 0.15) is 11.1 Å². The van der Waals surface area contributed by atoms with Crippen molar-refractivity contribution < 1.29 is 23.5 Å². The summed E-state index contributed by atoms with van der Waals surface area (Å²) in [4.78, 5) is 35.7. The Hall–Kier alpha value is -4.24. The lowest BCUT2D eigenvalue weighted by molar-refractivity contribution is -0.136. The zero-order chi connectivity index (χ0) is 24.5. The third kappa shape index (κ3) is 7.14. The molecule has 8 nitrogen and oxygen atoms in total. The van der Waals surface area contributed by atoms with Gasteiger partial charge in [0.1, 0.15) is 11.6 Å². The van der Waals surface area contributed by atoms with Gasteiger partial charge in [-0.1, -0.05) is 29.8 Å². The Kier molecular flexibility index (Phi) is 8.31. The number of anilines is 2. The SMILES string of the molecule is Cc1ccc(Cl)cc1NC(=O)COc1ccc(/C=N\NC(=O)C(=O)Nc2ccccc2F)cc1. The van der Waals surface area contributed by atoms with E-state index in [1.54, 1.807) is 42.5 Å². The van der Waals surface area contributed by atoms with Crippen LogP contribution in [0, 0.1) is 12.7 Å². The largest absolute Gasteiger partial charge is 0.484 e. The van der Waals surface area contributed by atoms with E-state index >= 15 is 0 Å². The van der Waals surface area contributed by atoms with Crippen molar-refractivity contribution in [1.29, 1.82) is 0 Å². The summed E-state index contributed by atoms with van der Waals surface area (Å²) in [5, 5.41) is 9.10. The maximum absolute atomic E-state index is 13.5. The number of hydrogen-bond donors (Lipinski definition) is 3. The highest BCUT2D eigenvalue weighted by Gasteiger charge is 2.14. The molecular weight excluding hydrogens is 463 g/mol. The summed E-state index contributed by atoms with van der Waals surface area (Å²) in [6, 6.07) is 17.2. The van der Waals surface area contributed by atoms with Crippen molar-refractivity contribution in [2.24, 2.45) is 5.10 Å². The molecule has 3 rings (SSSR count). The van der Waals surface area contributed by atoms with Gasteiger partial charge in [-0.25, -0.2) is 9.82 Å². The molecule has 0 radical (unpaired) electrons. The van der Waals surface area contributed by atoms with E-state index in [-0.39, 0.29) is 18.2 Å². The number of carbonyl (C=O) groups is 3. The molecule has 0 bridgehead atoms. The van der Waals surface area contributed by atoms with Crippen molar-refractivity contribution in [3.63, 3.8) is 0 Å². The Morgan fingerprint density at radius 1 is 0.971 bits per heavy atom. The van der Waals surface area contributed by atoms with Crippen molar-refractivity contribution in [3.8, 4) is 5.75 Å². The maximum Gasteiger partial charge on any atom is 0.329 e. The fourth-order valence-corrected chi connectivity index (χ4v) is 2.84. The van der Waals surface area contributed by atoms with Gasteiger partial charge in [-0.2, -0.15) is 5.10 Å². The quantitative estimate of drug-likeness (QED) is 0.269. The number of halogens is 2. The average Bonchev–Trinajstić information content (AvgIpc) is 2.82. The minimum absolute atomic E-state index is 0.112. The van der Waals surface area contributed by atoms with Crippen molar-refractivity contribution >= 4 is 46.9 Å². The molecule has 3 aromatic carbocycles. The summed E-state index contributed by atoms with van der Waals surface area (Å²) < 4.78 is 19.0. The maximum atomic E-state index is 13.5. The van der Waals surface area contributed by atoms with Gasteiger partial charge in [0.2, 0.25) is 0 Å². The van der Waals surface area contributed by atoms with Crippen LogP contribution in [0.2, 0.25) is 5.02 Å². The molecule has 0 atom stereocenters. The van der Waals surface area contributed by atoms with Crippen LogP contribution >= 0.6 is 11.6 Å². The highest BCUT2D eigenvalue weighted by Crippen LogP contribution is 2.20. The monoisotopic (exact) mass is 482 g/mol. The average molecular weight is 483 g/mol. The van der Waals surface area contributed by atoms with Crippen LogP contribution in [-0.4, -0.2) is 30.5 Å². The predicted molar refractivity (Wildman–Crippen MR) is 128 cm³/mol. The highest BCUT2D eigenvalue weighted by molar-refractivity contribution is 6.39. The zero-order valence-corrected chi connectivity index (χ0v) is 18.7. The van der Waals surface area contributed by atoms with E-state index in [4.69, 9.17) is 16.3 Å². The molecule has 3 amide bonds. The number of ether oxygens (including phenoxy) is 1. The second-order valence-electron chi connectivity index (χ2n) is 7.00. The summed E-state index contributed by atoms with van der Waals surface area (Å²) in [5.74, 6) is -2.67. The summed E-state index contributed by atoms with van der Waals surface area (Å²) in [6.07, 6.45) is 1.31. The summed E-state index contributed by atoms with van der Waals surface area (Å²) in [7, 11) is 0. The molecule has 0 saturated heterocycles. The second kappa shape index (κ2) is 11.6. The Bertz CT molecular complexity index is 1230. The van der Waals surface area contributed by atoms with Gasteiger partial charge < -0.3 is 15.4 Å². The number of amides is 3. The van der Waals surface area contributed by atoms with Gasteiger partial charge in [0, 0.05) is 10.7 Å². The molecule has 0 aliphatic rings. The highest BCUT2D eigenvalue weighted by atomic mass is 35.5. The molecule has 0 unspecified atom stereocenters. The molecule has 0 spiro atoms. The molecule has 0 saturated carbocycles. The second-order valence-corrected chi connectivity index (χ2v) is 7.43. The normalized spacial score (nSPS) is 10.6. The van der Waals surface area contributed by atoms with Crippen LogP contribution in [0.3, 0.4) is 0 Å². The molecular formula is C24H20ClFN4O4. The van der Waals surface area contributed by atoms with Crippen LogP contribution in [0.25, 0.3) is 0 Å². The first-order valence-electron chi connectivity index (χ1n) is 9.99. The van der Waals surface area contributed by atoms with E-state index in [2.05, 4.69) is 21.2 Å². The van der Waals surface area contributed by atoms with Gasteiger partial charge in [-0.15, -0.1) is 0 Å². The fourth-order valence-electron chi connectivity index (χ4n) is 2.67. The number of aryl methyl sites for hydroxylation is 1. The number of benzene rings is 3. The summed E-state index contributed by atoms with van der Waals surface area (Å²) in [5.41, 5.74) is 4.03. The van der Waals surface area contributed by atoms with Crippen LogP contribution in [-0.2, 0) is 14.4 Å². The van der Waals surface area contributed by atoms with Crippen LogP contribution in [0.15, 0.2) is 71.8 Å². The minimum Gasteiger partial charge on any atom is -0.484 e. The van der Waals surface area contributed by atoms with E-state index in [0.717, 1.165) is 11.6 Å². The lowest BCUT2D eigenvalue weighted by atomic mass is 10.2. The van der Waals surface area contributed by atoms with Gasteiger partial charge in [-0.05, 0) is 66.6 Å². The van der Waals surface area contributed by atoms with E-state index < -0.39 is 17.6 Å². The topological polar surface area (TPSA) is 109 Å². The third-order valence-electron chi connectivity index (χ3n) is 4.43. The molecule has 3 aromatic rings. The number of nitrogens with zero attached hydrogens (tertiary/aromatic N) is 1. The smallest absolute Gasteiger partial charge is 0.329 e. The molecule has 174 valence electrons. The first kappa shape index (κ1) is 24.4. The fraction of sp³-hybridized carbons (Fsp3) is 0.0833. The van der Waals surface area contributed by atoms with Gasteiger partial charge in [0.05, 0.1) is 11.9 Å². The molecule has 0 fully saturated rings. The van der Waals surface area contributed by atoms with Gasteiger partial charge in [0.25, 0.3) is 5.91 Å². The minimum atomic E-state index is -1.06. The molecule has 0 aliphatic carbocycles. The molecule has 10 heteroatoms. The van der Waals surface area contributed by atoms with E-state index in [1.807, 2.05) is 6.92 Å². The van der Waals surface area contributed by atoms with Gasteiger partial charge >= 0.3 is 11.8 Å². The first-order chi connectivity index (χ1) is 16.3. The zero-order valence-electron chi connectivity index (χ0n) is 18.0. The molecule has 0 aromatic heterocycles. The van der Waals surface area contributed by atoms with E-state index in [0.29, 0.717) is 22.0 Å². The van der Waals surface area contributed by atoms with E-state index in [1.165, 1.54) is 24.4 Å². The molecule has 0 heterocycles. The molecule has 34 heavy (non-hydrogen) atoms. The summed E-state index contributed by atoms with van der Waals surface area (Å²) >= 11 is 5.95. The number of hydrogen-bond acceptors (Lipinski definition) is 5. The number of para-hydroxylation sites is 1. The van der Waals surface area contributed by atoms with Crippen molar-refractivity contribution in [1.82, 2.24) is 5.43 Å². The van der Waals surface area contributed by atoms with Crippen molar-refractivity contribution in [2.75, 3.05) is 17.2 Å². The summed E-state index contributed by atoms with van der Waals surface area (Å²) in [6.45, 7) is 1.65. The molecule has 3 N–H and O–H groups in total. The third-order valence-corrected chi connectivity index (χ3v) is 4.67. The predicted octanol–water partition coefficient (Wildman–Crippen LogP) is 3.89. The number of rotatable bonds is 7. The Balaban J connectivity index is 1.45. The Morgan fingerprint density at radius 3 is 2.44 bits per heavy atom. The Morgan fingerprint density at radius 2 is 1.71 bits per heavy atom. The van der Waals surface area contributed by atoms with Crippen LogP contribution in [0.5, 0.6) is 5.75 Å². The van der Waals surface area contributed by atoms with Crippen LogP contribution < -0.4 is 20.8 Å². The first-order valence-corrected chi connectivity index (χ1v) is 10.4. The number of hydrazone groups is 1. The van der Waals surface area contributed by atoms with Gasteiger partial charge in [0.15, 0.2) is 6.61 Å². The standard InChI is InChI=1S/C24H20ClFN4O4/c1-15-6-9-17(25)12-21(15)28-22(31)14-34-18-10-7-16(8-11-18)13-27-30-24(33)23(32)29-20-5-3-2-4-19(20)26/h2-13H,14H2,1H3,(H,28,31)(H,29,32)(H,30,33)/b27-13-. The van der Waals surface area contributed by atoms with Crippen molar-refractivity contribution in [2.45, 2.75) is 6.92 Å². The van der Waals surface area contributed by atoms with Gasteiger partial charge in [-0.3, -0.25) is 14.4 Å². The molecule has 0 aliphatic heterocycles. The lowest BCUT2D eigenvalue weighted by Gasteiger charge is -2.10. The Labute approximate surface area is 199 Å². The lowest BCUT2D eigenvalue weighted by Crippen LogP contribution is -2.32. The number of nitrogens with one attached hydrogen (secondary N) is 3. The van der Waals surface area contributed by atoms with Crippen LogP contribution in [0.4, 0.5) is 15.8 Å². The number of carbonyl (C=O) groups excluding carboxylic acids is 3. The van der Waals surface area contributed by atoms with E-state index in [9.17, 15) is 18.8 Å². The van der Waals surface area contributed by atoms with Crippen molar-refractivity contribution in [3.05, 3.63) is 88.7 Å².